The van der Waals surface area contributed by atoms with E-state index in [-0.39, 0.29) is 11.9 Å². The Kier molecular flexibility index (Phi) is 5.56. The van der Waals surface area contributed by atoms with Crippen LogP contribution in [0.25, 0.3) is 11.4 Å². The number of hydrogen-bond acceptors (Lipinski definition) is 7. The average Bonchev–Trinajstić information content (AvgIpc) is 3.47. The summed E-state index contributed by atoms with van der Waals surface area (Å²) in [5, 5.41) is 4.11. The number of carbonyl (C=O) groups excluding carboxylic acids is 1. The summed E-state index contributed by atoms with van der Waals surface area (Å²) in [4.78, 5) is 19.4. The van der Waals surface area contributed by atoms with E-state index in [4.69, 9.17) is 18.7 Å². The van der Waals surface area contributed by atoms with Crippen LogP contribution in [0, 0.1) is 0 Å². The van der Waals surface area contributed by atoms with Gasteiger partial charge in [0.2, 0.25) is 11.7 Å². The minimum Gasteiger partial charge on any atom is -0.497 e. The Morgan fingerprint density at radius 1 is 1.03 bits per heavy atom. The molecule has 8 heteroatoms. The first-order valence-corrected chi connectivity index (χ1v) is 9.65. The van der Waals surface area contributed by atoms with Gasteiger partial charge in [-0.3, -0.25) is 4.79 Å². The van der Waals surface area contributed by atoms with Crippen LogP contribution in [0.4, 0.5) is 0 Å². The zero-order valence-electron chi connectivity index (χ0n) is 17.1. The van der Waals surface area contributed by atoms with Crippen molar-refractivity contribution in [2.75, 3.05) is 27.9 Å². The van der Waals surface area contributed by atoms with Gasteiger partial charge in [0.25, 0.3) is 5.91 Å². The highest BCUT2D eigenvalue weighted by Gasteiger charge is 2.34. The van der Waals surface area contributed by atoms with Crippen molar-refractivity contribution in [3.05, 3.63) is 53.9 Å². The van der Waals surface area contributed by atoms with Crippen LogP contribution in [0.5, 0.6) is 17.2 Å². The third-order valence-electron chi connectivity index (χ3n) is 5.22. The largest absolute Gasteiger partial charge is 0.497 e. The van der Waals surface area contributed by atoms with E-state index in [1.165, 1.54) is 0 Å². The number of carbonyl (C=O) groups is 1. The third-order valence-corrected chi connectivity index (χ3v) is 5.22. The molecule has 0 radical (unpaired) electrons. The maximum absolute atomic E-state index is 13.0. The van der Waals surface area contributed by atoms with Gasteiger partial charge in [0.05, 0.1) is 21.3 Å². The molecule has 156 valence electrons. The van der Waals surface area contributed by atoms with Crippen LogP contribution in [0.1, 0.15) is 35.1 Å². The Balaban J connectivity index is 1.57. The van der Waals surface area contributed by atoms with E-state index in [2.05, 4.69) is 10.1 Å². The Morgan fingerprint density at radius 3 is 2.50 bits per heavy atom. The molecular formula is C22H23N3O5. The van der Waals surface area contributed by atoms with Crippen molar-refractivity contribution in [1.82, 2.24) is 15.0 Å². The molecule has 3 aromatic rings. The van der Waals surface area contributed by atoms with Crippen LogP contribution in [0.15, 0.2) is 47.0 Å². The first-order valence-electron chi connectivity index (χ1n) is 9.65. The molecule has 1 aromatic heterocycles. The lowest BCUT2D eigenvalue weighted by Gasteiger charge is -2.22. The maximum Gasteiger partial charge on any atom is 0.254 e. The van der Waals surface area contributed by atoms with Crippen molar-refractivity contribution in [3.63, 3.8) is 0 Å². The Morgan fingerprint density at radius 2 is 1.80 bits per heavy atom. The maximum atomic E-state index is 13.0. The lowest BCUT2D eigenvalue weighted by molar-refractivity contribution is 0.0710. The highest BCUT2D eigenvalue weighted by Crippen LogP contribution is 2.35. The predicted molar refractivity (Wildman–Crippen MR) is 109 cm³/mol. The second-order valence-electron chi connectivity index (χ2n) is 6.91. The molecule has 1 aliphatic rings. The van der Waals surface area contributed by atoms with Gasteiger partial charge in [0.15, 0.2) is 11.5 Å². The van der Waals surface area contributed by atoms with Gasteiger partial charge in [-0.1, -0.05) is 5.16 Å². The summed E-state index contributed by atoms with van der Waals surface area (Å²) in [7, 11) is 4.75. The number of amides is 1. The summed E-state index contributed by atoms with van der Waals surface area (Å²) in [6, 6.07) is 12.3. The van der Waals surface area contributed by atoms with Gasteiger partial charge in [0, 0.05) is 17.7 Å². The number of hydrogen-bond donors (Lipinski definition) is 0. The Bertz CT molecular complexity index is 1030. The van der Waals surface area contributed by atoms with E-state index in [0.717, 1.165) is 18.4 Å². The third kappa shape index (κ3) is 3.68. The fraction of sp³-hybridized carbons (Fsp3) is 0.318. The van der Waals surface area contributed by atoms with Crippen molar-refractivity contribution in [3.8, 4) is 28.6 Å². The molecule has 0 aliphatic carbocycles. The first kappa shape index (κ1) is 19.8. The van der Waals surface area contributed by atoms with Gasteiger partial charge in [-0.25, -0.2) is 0 Å². The SMILES string of the molecule is COc1ccc(C(=O)N2CCCC2c2nc(-c3ccc(OC)c(OC)c3)no2)cc1. The van der Waals surface area contributed by atoms with Gasteiger partial charge >= 0.3 is 0 Å². The number of aromatic nitrogens is 2. The van der Waals surface area contributed by atoms with Crippen molar-refractivity contribution in [1.29, 1.82) is 0 Å². The van der Waals surface area contributed by atoms with Crippen molar-refractivity contribution >= 4 is 5.91 Å². The topological polar surface area (TPSA) is 86.9 Å². The molecule has 30 heavy (non-hydrogen) atoms. The van der Waals surface area contributed by atoms with E-state index in [1.54, 1.807) is 62.6 Å². The van der Waals surface area contributed by atoms with Crippen molar-refractivity contribution < 1.29 is 23.5 Å². The molecular weight excluding hydrogens is 386 g/mol. The molecule has 8 nitrogen and oxygen atoms in total. The smallest absolute Gasteiger partial charge is 0.254 e. The van der Waals surface area contributed by atoms with Gasteiger partial charge in [-0.15, -0.1) is 0 Å². The number of ether oxygens (including phenoxy) is 3. The van der Waals surface area contributed by atoms with E-state index >= 15 is 0 Å². The van der Waals surface area contributed by atoms with E-state index in [1.807, 2.05) is 6.07 Å². The molecule has 0 spiro atoms. The minimum absolute atomic E-state index is 0.0639. The van der Waals surface area contributed by atoms with Crippen molar-refractivity contribution in [2.45, 2.75) is 18.9 Å². The van der Waals surface area contributed by atoms with Gasteiger partial charge in [-0.2, -0.15) is 4.98 Å². The molecule has 0 saturated carbocycles. The summed E-state index contributed by atoms with van der Waals surface area (Å²) in [6.07, 6.45) is 1.65. The minimum atomic E-state index is -0.249. The molecule has 1 unspecified atom stereocenters. The van der Waals surface area contributed by atoms with E-state index in [9.17, 15) is 4.79 Å². The van der Waals surface area contributed by atoms with Crippen LogP contribution in [-0.2, 0) is 0 Å². The molecule has 1 aliphatic heterocycles. The average molecular weight is 409 g/mol. The summed E-state index contributed by atoms with van der Waals surface area (Å²) in [6.45, 7) is 0.642. The normalized spacial score (nSPS) is 15.8. The van der Waals surface area contributed by atoms with Gasteiger partial charge in [0.1, 0.15) is 11.8 Å². The molecule has 2 heterocycles. The molecule has 1 atom stereocenters. The zero-order chi connectivity index (χ0) is 21.1. The number of rotatable bonds is 6. The Labute approximate surface area is 174 Å². The van der Waals surface area contributed by atoms with Crippen LogP contribution >= 0.6 is 0 Å². The summed E-state index contributed by atoms with van der Waals surface area (Å²) < 4.78 is 21.3. The van der Waals surface area contributed by atoms with Crippen LogP contribution < -0.4 is 14.2 Å². The van der Waals surface area contributed by atoms with Crippen molar-refractivity contribution in [2.24, 2.45) is 0 Å². The number of nitrogens with zero attached hydrogens (tertiary/aromatic N) is 3. The van der Waals surface area contributed by atoms with Gasteiger partial charge in [-0.05, 0) is 55.3 Å². The first-order chi connectivity index (χ1) is 14.6. The molecule has 1 amide bonds. The zero-order valence-corrected chi connectivity index (χ0v) is 17.1. The summed E-state index contributed by atoms with van der Waals surface area (Å²) in [5.41, 5.74) is 1.34. The fourth-order valence-electron chi connectivity index (χ4n) is 3.63. The molecule has 1 fully saturated rings. The predicted octanol–water partition coefficient (Wildman–Crippen LogP) is 3.74. The van der Waals surface area contributed by atoms with E-state index < -0.39 is 0 Å². The van der Waals surface area contributed by atoms with Crippen LogP contribution in [0.3, 0.4) is 0 Å². The number of methoxy groups -OCH3 is 3. The standard InChI is InChI=1S/C22H23N3O5/c1-27-16-9-6-14(7-10-16)22(26)25-12-4-5-17(25)21-23-20(24-30-21)15-8-11-18(28-2)19(13-15)29-3/h6-11,13,17H,4-5,12H2,1-3H3. The lowest BCUT2D eigenvalue weighted by Crippen LogP contribution is -2.30. The second kappa shape index (κ2) is 8.44. The van der Waals surface area contributed by atoms with Gasteiger partial charge < -0.3 is 23.6 Å². The number of benzene rings is 2. The van der Waals surface area contributed by atoms with Crippen LogP contribution in [0.2, 0.25) is 0 Å². The molecule has 4 rings (SSSR count). The molecule has 2 aromatic carbocycles. The highest BCUT2D eigenvalue weighted by atomic mass is 16.5. The second-order valence-corrected chi connectivity index (χ2v) is 6.91. The van der Waals surface area contributed by atoms with Crippen LogP contribution in [-0.4, -0.2) is 48.8 Å². The summed E-state index contributed by atoms with van der Waals surface area (Å²) in [5.74, 6) is 2.72. The fourth-order valence-corrected chi connectivity index (χ4v) is 3.63. The highest BCUT2D eigenvalue weighted by molar-refractivity contribution is 5.94. The lowest BCUT2D eigenvalue weighted by atomic mass is 10.1. The quantitative estimate of drug-likeness (QED) is 0.613. The van der Waals surface area contributed by atoms with E-state index in [0.29, 0.717) is 41.1 Å². The Hall–Kier alpha value is -3.55. The monoisotopic (exact) mass is 409 g/mol. The molecule has 0 bridgehead atoms. The summed E-state index contributed by atoms with van der Waals surface area (Å²) >= 11 is 0. The molecule has 0 N–H and O–H groups in total. The molecule has 1 saturated heterocycles. The number of likely N-dealkylation sites (tertiary alicyclic amines) is 1.